The van der Waals surface area contributed by atoms with Crippen molar-refractivity contribution in [1.82, 2.24) is 9.78 Å². The smallest absolute Gasteiger partial charge is 0.177 e. The number of aryl methyl sites for hydroxylation is 2. The molecule has 4 nitrogen and oxygen atoms in total. The summed E-state index contributed by atoms with van der Waals surface area (Å²) in [6.45, 7) is 1.96. The summed E-state index contributed by atoms with van der Waals surface area (Å²) in [4.78, 5) is 25.2. The quantitative estimate of drug-likeness (QED) is 0.634. The zero-order valence-corrected chi connectivity index (χ0v) is 13.5. The van der Waals surface area contributed by atoms with E-state index in [1.54, 1.807) is 24.0 Å². The Balaban J connectivity index is 1.98. The van der Waals surface area contributed by atoms with Crippen LogP contribution in [0.4, 0.5) is 0 Å². The molecule has 1 aromatic carbocycles. The summed E-state index contributed by atoms with van der Waals surface area (Å²) in [6, 6.07) is 5.52. The maximum absolute atomic E-state index is 12.7. The van der Waals surface area contributed by atoms with Gasteiger partial charge in [-0.1, -0.05) is 35.0 Å². The summed E-state index contributed by atoms with van der Waals surface area (Å²) >= 11 is 3.46. The van der Waals surface area contributed by atoms with Crippen molar-refractivity contribution >= 4 is 27.5 Å². The highest BCUT2D eigenvalue weighted by Crippen LogP contribution is 2.34. The molecular weight excluding hydrogens is 332 g/mol. The predicted octanol–water partition coefficient (Wildman–Crippen LogP) is 2.98. The number of aromatic nitrogens is 2. The molecule has 0 saturated carbocycles. The van der Waals surface area contributed by atoms with Gasteiger partial charge < -0.3 is 0 Å². The highest BCUT2D eigenvalue weighted by atomic mass is 79.9. The maximum atomic E-state index is 12.7. The third-order valence-electron chi connectivity index (χ3n) is 3.93. The number of hydrogen-bond acceptors (Lipinski definition) is 3. The van der Waals surface area contributed by atoms with Gasteiger partial charge in [-0.15, -0.1) is 0 Å². The van der Waals surface area contributed by atoms with Gasteiger partial charge in [-0.2, -0.15) is 5.10 Å². The zero-order valence-electron chi connectivity index (χ0n) is 11.9. The minimum Gasteiger partial charge on any atom is -0.293 e. The van der Waals surface area contributed by atoms with Gasteiger partial charge in [0.2, 0.25) is 0 Å². The van der Waals surface area contributed by atoms with E-state index in [-0.39, 0.29) is 11.6 Å². The molecule has 3 rings (SSSR count). The van der Waals surface area contributed by atoms with Crippen LogP contribution in [-0.4, -0.2) is 21.3 Å². The lowest BCUT2D eigenvalue weighted by molar-refractivity contribution is 0.0822. The van der Waals surface area contributed by atoms with E-state index in [2.05, 4.69) is 21.0 Å². The van der Waals surface area contributed by atoms with Crippen LogP contribution < -0.4 is 0 Å². The van der Waals surface area contributed by atoms with Gasteiger partial charge in [0.25, 0.3) is 0 Å². The van der Waals surface area contributed by atoms with Crippen LogP contribution in [0.3, 0.4) is 0 Å². The molecule has 0 radical (unpaired) electrons. The third kappa shape index (κ3) is 2.25. The second-order valence-electron chi connectivity index (χ2n) is 5.27. The predicted molar refractivity (Wildman–Crippen MR) is 82.6 cm³/mol. The van der Waals surface area contributed by atoms with E-state index in [9.17, 15) is 9.59 Å². The Labute approximate surface area is 131 Å². The standard InChI is InChI=1S/C16H15BrN2O2/c1-3-14-12(8-19(2)18-14)16(21)11-7-10-9(15(11)20)5-4-6-13(10)17/h4-6,8,11H,3,7H2,1-2H3. The van der Waals surface area contributed by atoms with E-state index >= 15 is 0 Å². The van der Waals surface area contributed by atoms with Gasteiger partial charge in [0, 0.05) is 23.3 Å². The molecule has 1 unspecified atom stereocenters. The summed E-state index contributed by atoms with van der Waals surface area (Å²) in [5, 5.41) is 4.29. The van der Waals surface area contributed by atoms with E-state index in [0.29, 0.717) is 24.0 Å². The van der Waals surface area contributed by atoms with Crippen molar-refractivity contribution in [3.63, 3.8) is 0 Å². The topological polar surface area (TPSA) is 52.0 Å². The van der Waals surface area contributed by atoms with Crippen molar-refractivity contribution in [1.29, 1.82) is 0 Å². The Morgan fingerprint density at radius 2 is 2.24 bits per heavy atom. The highest BCUT2D eigenvalue weighted by molar-refractivity contribution is 9.10. The molecule has 2 aromatic rings. The Kier molecular flexibility index (Phi) is 3.53. The summed E-state index contributed by atoms with van der Waals surface area (Å²) in [5.41, 5.74) is 2.92. The van der Waals surface area contributed by atoms with Crippen LogP contribution in [0.5, 0.6) is 0 Å². The summed E-state index contributed by atoms with van der Waals surface area (Å²) in [7, 11) is 1.79. The largest absolute Gasteiger partial charge is 0.293 e. The number of ketones is 2. The van der Waals surface area contributed by atoms with E-state index in [4.69, 9.17) is 0 Å². The average Bonchev–Trinajstić information content (AvgIpc) is 3.00. The number of fused-ring (bicyclic) bond motifs is 1. The SMILES string of the molecule is CCc1nn(C)cc1C(=O)C1Cc2c(Br)cccc2C1=O. The molecule has 1 heterocycles. The van der Waals surface area contributed by atoms with Gasteiger partial charge in [0.1, 0.15) is 0 Å². The monoisotopic (exact) mass is 346 g/mol. The number of hydrogen-bond donors (Lipinski definition) is 0. The Morgan fingerprint density at radius 1 is 1.48 bits per heavy atom. The first-order chi connectivity index (χ1) is 10.0. The van der Waals surface area contributed by atoms with Crippen LogP contribution in [0.1, 0.15) is 38.9 Å². The second kappa shape index (κ2) is 5.22. The van der Waals surface area contributed by atoms with Gasteiger partial charge in [0.05, 0.1) is 17.2 Å². The summed E-state index contributed by atoms with van der Waals surface area (Å²) < 4.78 is 2.53. The Hall–Kier alpha value is -1.75. The molecule has 0 aliphatic heterocycles. The number of Topliss-reactive ketones (excluding diaryl/α,β-unsaturated/α-hetero) is 2. The van der Waals surface area contributed by atoms with Crippen molar-refractivity contribution in [3.05, 3.63) is 51.3 Å². The highest BCUT2D eigenvalue weighted by Gasteiger charge is 2.38. The lowest BCUT2D eigenvalue weighted by Gasteiger charge is -2.06. The van der Waals surface area contributed by atoms with Crippen LogP contribution in [-0.2, 0) is 19.9 Å². The van der Waals surface area contributed by atoms with Crippen LogP contribution in [0, 0.1) is 5.92 Å². The van der Waals surface area contributed by atoms with Crippen LogP contribution in [0.25, 0.3) is 0 Å². The van der Waals surface area contributed by atoms with Crippen molar-refractivity contribution in [2.75, 3.05) is 0 Å². The van der Waals surface area contributed by atoms with Crippen LogP contribution >= 0.6 is 15.9 Å². The number of rotatable bonds is 3. The summed E-state index contributed by atoms with van der Waals surface area (Å²) in [6.07, 6.45) is 2.86. The maximum Gasteiger partial charge on any atom is 0.177 e. The first kappa shape index (κ1) is 14.2. The van der Waals surface area contributed by atoms with Crippen LogP contribution in [0.15, 0.2) is 28.9 Å². The van der Waals surface area contributed by atoms with Crippen molar-refractivity contribution < 1.29 is 9.59 Å². The third-order valence-corrected chi connectivity index (χ3v) is 4.67. The van der Waals surface area contributed by atoms with Gasteiger partial charge in [0.15, 0.2) is 11.6 Å². The van der Waals surface area contributed by atoms with Crippen molar-refractivity contribution in [2.24, 2.45) is 13.0 Å². The molecule has 1 atom stereocenters. The van der Waals surface area contributed by atoms with Crippen molar-refractivity contribution in [3.8, 4) is 0 Å². The number of halogens is 1. The molecule has 1 aromatic heterocycles. The van der Waals surface area contributed by atoms with Gasteiger partial charge in [-0.25, -0.2) is 0 Å². The van der Waals surface area contributed by atoms with Crippen molar-refractivity contribution in [2.45, 2.75) is 19.8 Å². The van der Waals surface area contributed by atoms with Crippen LogP contribution in [0.2, 0.25) is 0 Å². The Morgan fingerprint density at radius 3 is 2.90 bits per heavy atom. The minimum atomic E-state index is -0.617. The first-order valence-corrected chi connectivity index (χ1v) is 7.70. The molecule has 108 valence electrons. The van der Waals surface area contributed by atoms with E-state index in [0.717, 1.165) is 15.7 Å². The molecule has 1 aliphatic carbocycles. The van der Waals surface area contributed by atoms with E-state index in [1.165, 1.54) is 0 Å². The van der Waals surface area contributed by atoms with E-state index in [1.807, 2.05) is 19.1 Å². The molecule has 5 heteroatoms. The van der Waals surface area contributed by atoms with E-state index < -0.39 is 5.92 Å². The molecule has 0 N–H and O–H groups in total. The fourth-order valence-electron chi connectivity index (χ4n) is 2.88. The lowest BCUT2D eigenvalue weighted by Crippen LogP contribution is -2.21. The van der Waals surface area contributed by atoms with Gasteiger partial charge in [-0.05, 0) is 24.5 Å². The summed E-state index contributed by atoms with van der Waals surface area (Å²) in [5.74, 6) is -0.816. The molecule has 0 fully saturated rings. The molecule has 0 amide bonds. The molecular formula is C16H15BrN2O2. The second-order valence-corrected chi connectivity index (χ2v) is 6.12. The fraction of sp³-hybridized carbons (Fsp3) is 0.312. The molecule has 0 spiro atoms. The molecule has 21 heavy (non-hydrogen) atoms. The number of nitrogens with zero attached hydrogens (tertiary/aromatic N) is 2. The molecule has 1 aliphatic rings. The van der Waals surface area contributed by atoms with Gasteiger partial charge in [-0.3, -0.25) is 14.3 Å². The normalized spacial score (nSPS) is 17.1. The average molecular weight is 347 g/mol. The number of benzene rings is 1. The molecule has 0 saturated heterocycles. The number of carbonyl (C=O) groups excluding carboxylic acids is 2. The lowest BCUT2D eigenvalue weighted by atomic mass is 9.94. The Bertz CT molecular complexity index is 749. The molecule has 0 bridgehead atoms. The first-order valence-electron chi connectivity index (χ1n) is 6.91. The zero-order chi connectivity index (χ0) is 15.1. The number of carbonyl (C=O) groups is 2. The van der Waals surface area contributed by atoms with Gasteiger partial charge >= 0.3 is 0 Å². The minimum absolute atomic E-state index is 0.0813. The fourth-order valence-corrected chi connectivity index (χ4v) is 3.41.